The first-order chi connectivity index (χ1) is 9.27. The number of alkyl halides is 3. The molecule has 1 amide bonds. The van der Waals surface area contributed by atoms with Crippen LogP contribution in [0.25, 0.3) is 0 Å². The largest absolute Gasteiger partial charge is 0.417 e. The van der Waals surface area contributed by atoms with Crippen molar-refractivity contribution < 1.29 is 18.0 Å². The fraction of sp³-hybridized carbons (Fsp3) is 0.462. The third-order valence-corrected chi connectivity index (χ3v) is 3.71. The predicted molar refractivity (Wildman–Crippen MR) is 70.4 cm³/mol. The summed E-state index contributed by atoms with van der Waals surface area (Å²) in [6, 6.07) is 3.31. The van der Waals surface area contributed by atoms with Crippen LogP contribution in [0.5, 0.6) is 0 Å². The molecule has 3 N–H and O–H groups in total. The van der Waals surface area contributed by atoms with E-state index >= 15 is 0 Å². The highest BCUT2D eigenvalue weighted by Crippen LogP contribution is 2.36. The number of carbonyl (C=O) groups is 1. The molecule has 1 aliphatic carbocycles. The minimum Gasteiger partial charge on any atom is -0.328 e. The van der Waals surface area contributed by atoms with E-state index in [9.17, 15) is 18.0 Å². The number of carbonyl (C=O) groups excluding carboxylic acids is 1. The lowest BCUT2D eigenvalue weighted by molar-refractivity contribution is -0.137. The van der Waals surface area contributed by atoms with E-state index < -0.39 is 16.8 Å². The summed E-state index contributed by atoms with van der Waals surface area (Å²) < 4.78 is 38.1. The zero-order chi connectivity index (χ0) is 14.9. The molecular weight excluding hydrogens is 293 g/mol. The highest BCUT2D eigenvalue weighted by molar-refractivity contribution is 6.31. The summed E-state index contributed by atoms with van der Waals surface area (Å²) >= 11 is 5.51. The maximum atomic E-state index is 12.7. The van der Waals surface area contributed by atoms with Gasteiger partial charge in [-0.25, -0.2) is 0 Å². The third kappa shape index (κ3) is 3.43. The number of nitrogens with two attached hydrogens (primary N) is 1. The van der Waals surface area contributed by atoms with Gasteiger partial charge in [0.25, 0.3) is 0 Å². The molecule has 1 aliphatic rings. The molecule has 0 radical (unpaired) electrons. The van der Waals surface area contributed by atoms with Crippen molar-refractivity contribution in [1.29, 1.82) is 0 Å². The quantitative estimate of drug-likeness (QED) is 0.879. The summed E-state index contributed by atoms with van der Waals surface area (Å²) in [6.45, 7) is 0. The van der Waals surface area contributed by atoms with Crippen LogP contribution in [0, 0.1) is 5.92 Å². The first kappa shape index (κ1) is 15.1. The number of hydrogen-bond donors (Lipinski definition) is 2. The molecule has 0 saturated heterocycles. The summed E-state index contributed by atoms with van der Waals surface area (Å²) in [5.74, 6) is -0.539. The van der Waals surface area contributed by atoms with E-state index in [1.54, 1.807) is 0 Å². The average Bonchev–Trinajstić information content (AvgIpc) is 2.77. The molecule has 2 atom stereocenters. The highest BCUT2D eigenvalue weighted by Gasteiger charge is 2.34. The number of halogens is 4. The maximum Gasteiger partial charge on any atom is 0.417 e. The van der Waals surface area contributed by atoms with E-state index in [-0.39, 0.29) is 23.6 Å². The topological polar surface area (TPSA) is 55.1 Å². The number of amides is 1. The van der Waals surface area contributed by atoms with Gasteiger partial charge in [-0.2, -0.15) is 13.2 Å². The molecule has 1 aromatic carbocycles. The van der Waals surface area contributed by atoms with Crippen LogP contribution in [0.4, 0.5) is 18.9 Å². The van der Waals surface area contributed by atoms with E-state index in [0.717, 1.165) is 18.6 Å². The molecule has 0 aromatic heterocycles. The molecule has 2 unspecified atom stereocenters. The van der Waals surface area contributed by atoms with Crippen molar-refractivity contribution >= 4 is 23.2 Å². The molecule has 7 heteroatoms. The van der Waals surface area contributed by atoms with Crippen molar-refractivity contribution in [2.75, 3.05) is 5.32 Å². The second-order valence-corrected chi connectivity index (χ2v) is 5.36. The van der Waals surface area contributed by atoms with Gasteiger partial charge in [0.15, 0.2) is 0 Å². The van der Waals surface area contributed by atoms with Crippen LogP contribution >= 0.6 is 11.6 Å². The molecule has 110 valence electrons. The lowest BCUT2D eigenvalue weighted by atomic mass is 10.1. The van der Waals surface area contributed by atoms with Crippen LogP contribution < -0.4 is 11.1 Å². The zero-order valence-electron chi connectivity index (χ0n) is 10.5. The Labute approximate surface area is 119 Å². The van der Waals surface area contributed by atoms with Crippen LogP contribution in [0.3, 0.4) is 0 Å². The monoisotopic (exact) mass is 306 g/mol. The first-order valence-electron chi connectivity index (χ1n) is 6.20. The van der Waals surface area contributed by atoms with Crippen LogP contribution in [-0.2, 0) is 11.0 Å². The Bertz CT molecular complexity index is 519. The van der Waals surface area contributed by atoms with Crippen molar-refractivity contribution in [3.8, 4) is 0 Å². The van der Waals surface area contributed by atoms with Crippen LogP contribution in [0.15, 0.2) is 18.2 Å². The van der Waals surface area contributed by atoms with E-state index in [4.69, 9.17) is 17.3 Å². The molecule has 0 heterocycles. The fourth-order valence-corrected chi connectivity index (χ4v) is 2.54. The number of benzene rings is 1. The van der Waals surface area contributed by atoms with Gasteiger partial charge in [-0.15, -0.1) is 0 Å². The number of anilines is 1. The predicted octanol–water partition coefficient (Wildman–Crippen LogP) is 3.42. The highest BCUT2D eigenvalue weighted by atomic mass is 35.5. The van der Waals surface area contributed by atoms with Gasteiger partial charge in [0.2, 0.25) is 5.91 Å². The second-order valence-electron chi connectivity index (χ2n) is 4.95. The van der Waals surface area contributed by atoms with Gasteiger partial charge in [-0.05, 0) is 37.5 Å². The Morgan fingerprint density at radius 1 is 1.35 bits per heavy atom. The van der Waals surface area contributed by atoms with Crippen LogP contribution in [-0.4, -0.2) is 11.9 Å². The van der Waals surface area contributed by atoms with E-state index in [1.807, 2.05) is 0 Å². The van der Waals surface area contributed by atoms with Gasteiger partial charge in [-0.3, -0.25) is 4.79 Å². The average molecular weight is 307 g/mol. The van der Waals surface area contributed by atoms with E-state index in [2.05, 4.69) is 5.32 Å². The lowest BCUT2D eigenvalue weighted by Crippen LogP contribution is -2.23. The molecule has 1 fully saturated rings. The Morgan fingerprint density at radius 3 is 2.60 bits per heavy atom. The molecule has 20 heavy (non-hydrogen) atoms. The van der Waals surface area contributed by atoms with Gasteiger partial charge in [0.05, 0.1) is 10.6 Å². The first-order valence-corrected chi connectivity index (χ1v) is 6.58. The van der Waals surface area contributed by atoms with Crippen molar-refractivity contribution in [2.45, 2.75) is 31.5 Å². The number of hydrogen-bond acceptors (Lipinski definition) is 2. The number of nitrogens with one attached hydrogen (secondary N) is 1. The molecule has 0 bridgehead atoms. The third-order valence-electron chi connectivity index (χ3n) is 3.38. The van der Waals surface area contributed by atoms with Gasteiger partial charge in [0, 0.05) is 17.6 Å². The zero-order valence-corrected chi connectivity index (χ0v) is 11.3. The Kier molecular flexibility index (Phi) is 4.25. The fourth-order valence-electron chi connectivity index (χ4n) is 2.32. The van der Waals surface area contributed by atoms with E-state index in [1.165, 1.54) is 6.07 Å². The summed E-state index contributed by atoms with van der Waals surface area (Å²) in [5.41, 5.74) is 4.84. The van der Waals surface area contributed by atoms with E-state index in [0.29, 0.717) is 12.8 Å². The minimum absolute atomic E-state index is 0.0123. The standard InChI is InChI=1S/C13H14ClF3N2O/c14-11-4-3-9(6-10(11)13(15,16)17)19-12(20)7-1-2-8(18)5-7/h3-4,6-8H,1-2,5,18H2,(H,19,20). The molecule has 1 aromatic rings. The van der Waals surface area contributed by atoms with Gasteiger partial charge < -0.3 is 11.1 Å². The van der Waals surface area contributed by atoms with Crippen LogP contribution in [0.1, 0.15) is 24.8 Å². The molecule has 0 aliphatic heterocycles. The summed E-state index contributed by atoms with van der Waals surface area (Å²) in [7, 11) is 0. The smallest absolute Gasteiger partial charge is 0.328 e. The van der Waals surface area contributed by atoms with Gasteiger partial charge in [-0.1, -0.05) is 11.6 Å². The van der Waals surface area contributed by atoms with Gasteiger partial charge in [0.1, 0.15) is 0 Å². The SMILES string of the molecule is NC1CCC(C(=O)Nc2ccc(Cl)c(C(F)(F)F)c2)C1. The second kappa shape index (κ2) is 5.61. The van der Waals surface area contributed by atoms with Crippen molar-refractivity contribution in [3.05, 3.63) is 28.8 Å². The van der Waals surface area contributed by atoms with Crippen LogP contribution in [0.2, 0.25) is 5.02 Å². The lowest BCUT2D eigenvalue weighted by Gasteiger charge is -2.14. The normalized spacial score (nSPS) is 22.9. The van der Waals surface area contributed by atoms with Crippen molar-refractivity contribution in [1.82, 2.24) is 0 Å². The molecule has 2 rings (SSSR count). The summed E-state index contributed by atoms with van der Waals surface area (Å²) in [5, 5.41) is 2.10. The Balaban J connectivity index is 2.12. The molecule has 3 nitrogen and oxygen atoms in total. The Hall–Kier alpha value is -1.27. The number of rotatable bonds is 2. The maximum absolute atomic E-state index is 12.7. The molecule has 0 spiro atoms. The molecular formula is C13H14ClF3N2O. The van der Waals surface area contributed by atoms with Crippen molar-refractivity contribution in [3.63, 3.8) is 0 Å². The minimum atomic E-state index is -4.55. The Morgan fingerprint density at radius 2 is 2.05 bits per heavy atom. The summed E-state index contributed by atoms with van der Waals surface area (Å²) in [4.78, 5) is 11.9. The summed E-state index contributed by atoms with van der Waals surface area (Å²) in [6.07, 6.45) is -2.57. The van der Waals surface area contributed by atoms with Gasteiger partial charge >= 0.3 is 6.18 Å². The molecule has 1 saturated carbocycles. The van der Waals surface area contributed by atoms with Crippen molar-refractivity contribution in [2.24, 2.45) is 11.7 Å².